The molecule has 4 rings (SSSR count). The first-order chi connectivity index (χ1) is 9.83. The molecule has 1 saturated carbocycles. The van der Waals surface area contributed by atoms with Gasteiger partial charge >= 0.3 is 0 Å². The van der Waals surface area contributed by atoms with Gasteiger partial charge in [0.15, 0.2) is 0 Å². The smallest absolute Gasteiger partial charge is 0.0380 e. The van der Waals surface area contributed by atoms with E-state index in [0.717, 1.165) is 30.5 Å². The van der Waals surface area contributed by atoms with Crippen LogP contribution in [0, 0.1) is 11.8 Å². The molecule has 0 radical (unpaired) electrons. The van der Waals surface area contributed by atoms with Gasteiger partial charge in [0.1, 0.15) is 0 Å². The van der Waals surface area contributed by atoms with Gasteiger partial charge in [0.25, 0.3) is 0 Å². The maximum Gasteiger partial charge on any atom is 0.0380 e. The molecule has 3 nitrogen and oxygen atoms in total. The monoisotopic (exact) mass is 279 g/mol. The lowest BCUT2D eigenvalue weighted by Gasteiger charge is -2.53. The highest BCUT2D eigenvalue weighted by atomic mass is 15.4. The fourth-order valence-corrected chi connectivity index (χ4v) is 5.02. The van der Waals surface area contributed by atoms with E-state index in [1.807, 2.05) is 0 Å². The van der Waals surface area contributed by atoms with Crippen molar-refractivity contribution < 1.29 is 0 Å². The highest BCUT2D eigenvalue weighted by Crippen LogP contribution is 2.37. The maximum atomic E-state index is 3.90. The van der Waals surface area contributed by atoms with Gasteiger partial charge in [-0.15, -0.1) is 0 Å². The van der Waals surface area contributed by atoms with E-state index in [9.17, 15) is 0 Å². The molecule has 4 unspecified atom stereocenters. The van der Waals surface area contributed by atoms with Crippen LogP contribution in [-0.4, -0.2) is 61.2 Å². The summed E-state index contributed by atoms with van der Waals surface area (Å²) in [4.78, 5) is 5.48. The van der Waals surface area contributed by atoms with E-state index in [-0.39, 0.29) is 0 Å². The molecule has 4 fully saturated rings. The van der Waals surface area contributed by atoms with E-state index in [2.05, 4.69) is 29.0 Å². The molecular weight excluding hydrogens is 246 g/mol. The van der Waals surface area contributed by atoms with Gasteiger partial charge in [-0.2, -0.15) is 0 Å². The van der Waals surface area contributed by atoms with Crippen LogP contribution < -0.4 is 5.32 Å². The Bertz CT molecular complexity index is 292. The zero-order chi connectivity index (χ0) is 13.9. The SMILES string of the molecule is CCNC(C1CCCCC1CC)C1CN2CCN1CC2. The second-order valence-corrected chi connectivity index (χ2v) is 7.10. The topological polar surface area (TPSA) is 18.5 Å². The lowest BCUT2D eigenvalue weighted by Crippen LogP contribution is -2.68. The zero-order valence-electron chi connectivity index (χ0n) is 13.5. The predicted octanol–water partition coefficient (Wildman–Crippen LogP) is 2.18. The number of nitrogens with zero attached hydrogens (tertiary/aromatic N) is 2. The van der Waals surface area contributed by atoms with Gasteiger partial charge in [-0.1, -0.05) is 39.5 Å². The zero-order valence-corrected chi connectivity index (χ0v) is 13.5. The molecule has 1 aliphatic carbocycles. The summed E-state index contributed by atoms with van der Waals surface area (Å²) in [6.07, 6.45) is 7.23. The van der Waals surface area contributed by atoms with E-state index < -0.39 is 0 Å². The number of likely N-dealkylation sites (N-methyl/N-ethyl adjacent to an activating group) is 1. The third-order valence-electron chi connectivity index (χ3n) is 6.13. The van der Waals surface area contributed by atoms with Gasteiger partial charge in [0.05, 0.1) is 0 Å². The van der Waals surface area contributed by atoms with Crippen molar-refractivity contribution in [3.63, 3.8) is 0 Å². The van der Waals surface area contributed by atoms with Crippen molar-refractivity contribution in [2.45, 2.75) is 58.0 Å². The van der Waals surface area contributed by atoms with Crippen molar-refractivity contribution in [3.8, 4) is 0 Å². The van der Waals surface area contributed by atoms with Gasteiger partial charge in [-0.25, -0.2) is 0 Å². The number of nitrogens with one attached hydrogen (secondary N) is 1. The molecule has 3 aliphatic heterocycles. The van der Waals surface area contributed by atoms with Gasteiger partial charge in [0, 0.05) is 44.8 Å². The second kappa shape index (κ2) is 6.76. The van der Waals surface area contributed by atoms with Crippen LogP contribution in [0.15, 0.2) is 0 Å². The summed E-state index contributed by atoms with van der Waals surface area (Å²) in [7, 11) is 0. The number of fused-ring (bicyclic) bond motifs is 3. The molecule has 0 aromatic rings. The Labute approximate surface area is 125 Å². The Hall–Kier alpha value is -0.120. The van der Waals surface area contributed by atoms with E-state index in [1.54, 1.807) is 0 Å². The molecule has 3 heterocycles. The average molecular weight is 279 g/mol. The first kappa shape index (κ1) is 14.8. The Morgan fingerprint density at radius 3 is 2.40 bits per heavy atom. The summed E-state index contributed by atoms with van der Waals surface area (Å²) in [5, 5.41) is 3.90. The molecule has 1 N–H and O–H groups in total. The maximum absolute atomic E-state index is 3.90. The van der Waals surface area contributed by atoms with Crippen LogP contribution in [0.2, 0.25) is 0 Å². The van der Waals surface area contributed by atoms with Crippen molar-refractivity contribution in [1.82, 2.24) is 15.1 Å². The Kier molecular flexibility index (Phi) is 5.00. The Morgan fingerprint density at radius 1 is 1.05 bits per heavy atom. The van der Waals surface area contributed by atoms with Crippen LogP contribution in [0.4, 0.5) is 0 Å². The van der Waals surface area contributed by atoms with Crippen molar-refractivity contribution in [3.05, 3.63) is 0 Å². The lowest BCUT2D eigenvalue weighted by molar-refractivity contribution is -0.0232. The van der Waals surface area contributed by atoms with E-state index >= 15 is 0 Å². The molecule has 0 amide bonds. The number of hydrogen-bond acceptors (Lipinski definition) is 3. The molecule has 4 aliphatic rings. The van der Waals surface area contributed by atoms with Gasteiger partial charge in [-0.3, -0.25) is 9.80 Å². The summed E-state index contributed by atoms with van der Waals surface area (Å²) < 4.78 is 0. The number of rotatable bonds is 5. The quantitative estimate of drug-likeness (QED) is 0.832. The Balaban J connectivity index is 1.73. The van der Waals surface area contributed by atoms with E-state index in [0.29, 0.717) is 0 Å². The Morgan fingerprint density at radius 2 is 1.80 bits per heavy atom. The fraction of sp³-hybridized carbons (Fsp3) is 1.00. The summed E-state index contributed by atoms with van der Waals surface area (Å²) in [6.45, 7) is 12.3. The van der Waals surface area contributed by atoms with Crippen LogP contribution in [0.5, 0.6) is 0 Å². The van der Waals surface area contributed by atoms with Crippen LogP contribution >= 0.6 is 0 Å². The first-order valence-electron chi connectivity index (χ1n) is 9.03. The first-order valence-corrected chi connectivity index (χ1v) is 9.03. The van der Waals surface area contributed by atoms with Crippen LogP contribution in [-0.2, 0) is 0 Å². The predicted molar refractivity (Wildman–Crippen MR) is 85.0 cm³/mol. The third kappa shape index (κ3) is 2.90. The van der Waals surface area contributed by atoms with Gasteiger partial charge in [0.2, 0.25) is 0 Å². The lowest BCUT2D eigenvalue weighted by atomic mass is 9.71. The molecule has 0 spiro atoms. The highest BCUT2D eigenvalue weighted by Gasteiger charge is 2.41. The molecule has 3 heteroatoms. The minimum absolute atomic E-state index is 0.730. The molecule has 0 aromatic carbocycles. The summed E-state index contributed by atoms with van der Waals surface area (Å²) in [5.74, 6) is 1.88. The summed E-state index contributed by atoms with van der Waals surface area (Å²) >= 11 is 0. The van der Waals surface area contributed by atoms with Crippen LogP contribution in [0.3, 0.4) is 0 Å². The number of hydrogen-bond donors (Lipinski definition) is 1. The minimum atomic E-state index is 0.730. The highest BCUT2D eigenvalue weighted by molar-refractivity contribution is 4.99. The molecule has 20 heavy (non-hydrogen) atoms. The molecule has 116 valence electrons. The van der Waals surface area contributed by atoms with E-state index in [4.69, 9.17) is 0 Å². The molecule has 2 bridgehead atoms. The molecule has 3 saturated heterocycles. The second-order valence-electron chi connectivity index (χ2n) is 7.10. The van der Waals surface area contributed by atoms with Gasteiger partial charge in [-0.05, 0) is 24.8 Å². The summed E-state index contributed by atoms with van der Waals surface area (Å²) in [6, 6.07) is 1.50. The molecule has 4 atom stereocenters. The van der Waals surface area contributed by atoms with Crippen molar-refractivity contribution in [2.75, 3.05) is 39.3 Å². The normalized spacial score (nSPS) is 42.6. The largest absolute Gasteiger partial charge is 0.312 e. The summed E-state index contributed by atoms with van der Waals surface area (Å²) in [5.41, 5.74) is 0. The fourth-order valence-electron chi connectivity index (χ4n) is 5.02. The molecular formula is C17H33N3. The van der Waals surface area contributed by atoms with Gasteiger partial charge < -0.3 is 5.32 Å². The van der Waals surface area contributed by atoms with Crippen molar-refractivity contribution in [2.24, 2.45) is 11.8 Å². The van der Waals surface area contributed by atoms with Crippen LogP contribution in [0.1, 0.15) is 46.0 Å². The van der Waals surface area contributed by atoms with Crippen LogP contribution in [0.25, 0.3) is 0 Å². The minimum Gasteiger partial charge on any atom is -0.312 e. The van der Waals surface area contributed by atoms with E-state index in [1.165, 1.54) is 64.8 Å². The van der Waals surface area contributed by atoms with Crippen molar-refractivity contribution >= 4 is 0 Å². The number of piperazine rings is 3. The molecule has 0 aromatic heterocycles. The van der Waals surface area contributed by atoms with Crippen molar-refractivity contribution in [1.29, 1.82) is 0 Å². The third-order valence-corrected chi connectivity index (χ3v) is 6.13. The standard InChI is InChI=1S/C17H33N3/c1-3-14-7-5-6-8-15(14)17(18-4-2)16-13-19-9-11-20(16)12-10-19/h14-18H,3-13H2,1-2H3. The average Bonchev–Trinajstić information content (AvgIpc) is 2.53.